The van der Waals surface area contributed by atoms with Crippen LogP contribution in [0.5, 0.6) is 0 Å². The Hall–Kier alpha value is -2.01. The summed E-state index contributed by atoms with van der Waals surface area (Å²) in [7, 11) is 0. The van der Waals surface area contributed by atoms with E-state index in [1.807, 2.05) is 30.3 Å². The SMILES string of the molecule is NC1=NN=C(c2ccc(Br)cc2F)C(c2ccccc2)C1. The normalized spacial score (nSPS) is 18.1. The average molecular weight is 346 g/mol. The van der Waals surface area contributed by atoms with E-state index in [-0.39, 0.29) is 11.7 Å². The maximum absolute atomic E-state index is 14.2. The van der Waals surface area contributed by atoms with E-state index in [4.69, 9.17) is 5.73 Å². The summed E-state index contributed by atoms with van der Waals surface area (Å²) in [5.41, 5.74) is 7.93. The van der Waals surface area contributed by atoms with Crippen LogP contribution < -0.4 is 5.73 Å². The van der Waals surface area contributed by atoms with E-state index in [9.17, 15) is 4.39 Å². The van der Waals surface area contributed by atoms with Crippen molar-refractivity contribution in [2.45, 2.75) is 12.3 Å². The van der Waals surface area contributed by atoms with Crippen LogP contribution in [0.3, 0.4) is 0 Å². The third-order valence-corrected chi connectivity index (χ3v) is 3.93. The summed E-state index contributed by atoms with van der Waals surface area (Å²) in [6, 6.07) is 14.8. The van der Waals surface area contributed by atoms with Gasteiger partial charge in [-0.1, -0.05) is 46.3 Å². The Kier molecular flexibility index (Phi) is 3.84. The van der Waals surface area contributed by atoms with Crippen LogP contribution >= 0.6 is 15.9 Å². The smallest absolute Gasteiger partial charge is 0.133 e. The zero-order valence-electron chi connectivity index (χ0n) is 11.1. The minimum absolute atomic E-state index is 0.0839. The maximum atomic E-state index is 14.2. The highest BCUT2D eigenvalue weighted by atomic mass is 79.9. The molecule has 3 nitrogen and oxygen atoms in total. The lowest BCUT2D eigenvalue weighted by Crippen LogP contribution is -2.26. The van der Waals surface area contributed by atoms with Crippen molar-refractivity contribution in [1.82, 2.24) is 0 Å². The fourth-order valence-electron chi connectivity index (χ4n) is 2.43. The van der Waals surface area contributed by atoms with Gasteiger partial charge in [-0.25, -0.2) is 4.39 Å². The highest BCUT2D eigenvalue weighted by molar-refractivity contribution is 9.10. The van der Waals surface area contributed by atoms with Gasteiger partial charge < -0.3 is 5.73 Å². The molecule has 106 valence electrons. The number of rotatable bonds is 2. The predicted octanol–water partition coefficient (Wildman–Crippen LogP) is 3.84. The molecular formula is C16H13BrFN3. The summed E-state index contributed by atoms with van der Waals surface area (Å²) < 4.78 is 14.9. The van der Waals surface area contributed by atoms with E-state index in [0.717, 1.165) is 5.56 Å². The summed E-state index contributed by atoms with van der Waals surface area (Å²) in [5, 5.41) is 8.08. The van der Waals surface area contributed by atoms with Gasteiger partial charge >= 0.3 is 0 Å². The first-order valence-corrected chi connectivity index (χ1v) is 7.34. The lowest BCUT2D eigenvalue weighted by molar-refractivity contribution is 0.622. The molecule has 1 heterocycles. The summed E-state index contributed by atoms with van der Waals surface area (Å²) in [6.45, 7) is 0. The fraction of sp³-hybridized carbons (Fsp3) is 0.125. The third kappa shape index (κ3) is 2.88. The first-order chi connectivity index (χ1) is 10.1. The average Bonchev–Trinajstić information content (AvgIpc) is 2.49. The number of amidine groups is 1. The van der Waals surface area contributed by atoms with Gasteiger partial charge in [-0.2, -0.15) is 5.10 Å². The molecule has 2 N–H and O–H groups in total. The Morgan fingerprint density at radius 1 is 1.10 bits per heavy atom. The molecule has 0 bridgehead atoms. The van der Waals surface area contributed by atoms with Crippen LogP contribution in [0.25, 0.3) is 0 Å². The summed E-state index contributed by atoms with van der Waals surface area (Å²) in [4.78, 5) is 0. The Morgan fingerprint density at radius 3 is 2.57 bits per heavy atom. The van der Waals surface area contributed by atoms with Crippen molar-refractivity contribution in [3.05, 3.63) is 69.9 Å². The first-order valence-electron chi connectivity index (χ1n) is 6.55. The lowest BCUT2D eigenvalue weighted by Gasteiger charge is -2.22. The second kappa shape index (κ2) is 5.77. The van der Waals surface area contributed by atoms with E-state index >= 15 is 0 Å². The van der Waals surface area contributed by atoms with Crippen LogP contribution in [0.2, 0.25) is 0 Å². The first kappa shape index (κ1) is 13.9. The van der Waals surface area contributed by atoms with Gasteiger partial charge in [0.1, 0.15) is 11.7 Å². The molecule has 0 aliphatic carbocycles. The number of halogens is 2. The van der Waals surface area contributed by atoms with E-state index in [0.29, 0.717) is 28.0 Å². The number of nitrogens with two attached hydrogens (primary N) is 1. The Balaban J connectivity index is 2.08. The molecule has 1 unspecified atom stereocenters. The summed E-state index contributed by atoms with van der Waals surface area (Å²) in [6.07, 6.45) is 0.540. The van der Waals surface area contributed by atoms with Crippen molar-refractivity contribution in [3.63, 3.8) is 0 Å². The molecule has 0 amide bonds. The van der Waals surface area contributed by atoms with Gasteiger partial charge in [0.05, 0.1) is 5.71 Å². The zero-order valence-corrected chi connectivity index (χ0v) is 12.7. The minimum Gasteiger partial charge on any atom is -0.386 e. The second-order valence-electron chi connectivity index (χ2n) is 4.87. The highest BCUT2D eigenvalue weighted by Gasteiger charge is 2.26. The number of nitrogens with zero attached hydrogens (tertiary/aromatic N) is 2. The highest BCUT2D eigenvalue weighted by Crippen LogP contribution is 2.29. The summed E-state index contributed by atoms with van der Waals surface area (Å²) >= 11 is 3.26. The topological polar surface area (TPSA) is 50.7 Å². The lowest BCUT2D eigenvalue weighted by atomic mass is 9.86. The maximum Gasteiger partial charge on any atom is 0.133 e. The van der Waals surface area contributed by atoms with E-state index in [1.54, 1.807) is 12.1 Å². The third-order valence-electron chi connectivity index (χ3n) is 3.44. The van der Waals surface area contributed by atoms with Crippen molar-refractivity contribution >= 4 is 27.5 Å². The molecule has 0 radical (unpaired) electrons. The van der Waals surface area contributed by atoms with Gasteiger partial charge in [0, 0.05) is 22.4 Å². The van der Waals surface area contributed by atoms with Gasteiger partial charge in [0.2, 0.25) is 0 Å². The molecule has 0 aromatic heterocycles. The van der Waals surface area contributed by atoms with Gasteiger partial charge in [-0.05, 0) is 23.8 Å². The molecule has 3 rings (SSSR count). The van der Waals surface area contributed by atoms with E-state index < -0.39 is 0 Å². The van der Waals surface area contributed by atoms with Gasteiger partial charge in [0.15, 0.2) is 0 Å². The van der Waals surface area contributed by atoms with Crippen molar-refractivity contribution < 1.29 is 4.39 Å². The van der Waals surface area contributed by atoms with Crippen LogP contribution in [0, 0.1) is 5.82 Å². The predicted molar refractivity (Wildman–Crippen MR) is 86.1 cm³/mol. The molecule has 1 aliphatic heterocycles. The van der Waals surface area contributed by atoms with Crippen molar-refractivity contribution in [3.8, 4) is 0 Å². The molecule has 5 heteroatoms. The van der Waals surface area contributed by atoms with E-state index in [1.165, 1.54) is 6.07 Å². The molecule has 0 saturated carbocycles. The quantitative estimate of drug-likeness (QED) is 0.883. The molecule has 0 fully saturated rings. The number of hydrogen-bond acceptors (Lipinski definition) is 3. The molecule has 1 atom stereocenters. The van der Waals surface area contributed by atoms with Crippen molar-refractivity contribution in [2.24, 2.45) is 15.9 Å². The van der Waals surface area contributed by atoms with Crippen LogP contribution in [0.4, 0.5) is 4.39 Å². The monoisotopic (exact) mass is 345 g/mol. The molecule has 1 aliphatic rings. The molecule has 2 aromatic rings. The molecule has 0 saturated heterocycles. The molecular weight excluding hydrogens is 333 g/mol. The second-order valence-corrected chi connectivity index (χ2v) is 5.78. The van der Waals surface area contributed by atoms with Gasteiger partial charge in [-0.15, -0.1) is 5.10 Å². The number of hydrogen-bond donors (Lipinski definition) is 1. The van der Waals surface area contributed by atoms with Crippen molar-refractivity contribution in [1.29, 1.82) is 0 Å². The number of benzene rings is 2. The van der Waals surface area contributed by atoms with Gasteiger partial charge in [0.25, 0.3) is 0 Å². The summed E-state index contributed by atoms with van der Waals surface area (Å²) in [5.74, 6) is 0.0595. The Bertz CT molecular complexity index is 726. The molecule has 21 heavy (non-hydrogen) atoms. The molecule has 2 aromatic carbocycles. The van der Waals surface area contributed by atoms with Crippen molar-refractivity contribution in [2.75, 3.05) is 0 Å². The Morgan fingerprint density at radius 2 is 1.86 bits per heavy atom. The molecule has 0 spiro atoms. The largest absolute Gasteiger partial charge is 0.386 e. The standard InChI is InChI=1S/C16H13BrFN3/c17-11-6-7-12(14(18)8-11)16-13(9-15(19)20-21-16)10-4-2-1-3-5-10/h1-8,13H,9H2,(H2,19,20). The zero-order chi connectivity index (χ0) is 14.8. The Labute approximate surface area is 130 Å². The fourth-order valence-corrected chi connectivity index (χ4v) is 2.77. The van der Waals surface area contributed by atoms with Gasteiger partial charge in [-0.3, -0.25) is 0 Å². The van der Waals surface area contributed by atoms with E-state index in [2.05, 4.69) is 26.1 Å². The minimum atomic E-state index is -0.320. The van der Waals surface area contributed by atoms with Crippen LogP contribution in [-0.2, 0) is 0 Å². The van der Waals surface area contributed by atoms with Crippen LogP contribution in [-0.4, -0.2) is 11.5 Å². The van der Waals surface area contributed by atoms with Crippen LogP contribution in [0.1, 0.15) is 23.5 Å². The van der Waals surface area contributed by atoms with Crippen LogP contribution in [0.15, 0.2) is 63.2 Å².